The number of methoxy groups -OCH3 is 1. The standard InChI is InChI=1S/C14H20N2O2/c1-17-9-8-16-10-11-5-6-12(16)14(11)18-13-4-2-3-7-15-13/h2-4,7,11-12,14H,5-6,8-10H2,1H3. The summed E-state index contributed by atoms with van der Waals surface area (Å²) in [5.74, 6) is 1.42. The molecule has 2 bridgehead atoms. The van der Waals surface area contributed by atoms with Gasteiger partial charge in [0.05, 0.1) is 6.61 Å². The molecule has 98 valence electrons. The van der Waals surface area contributed by atoms with Gasteiger partial charge in [0.15, 0.2) is 0 Å². The lowest BCUT2D eigenvalue weighted by atomic mass is 10.1. The number of nitrogens with zero attached hydrogens (tertiary/aromatic N) is 2. The molecule has 2 fully saturated rings. The van der Waals surface area contributed by atoms with E-state index in [0.717, 1.165) is 25.6 Å². The van der Waals surface area contributed by atoms with Crippen molar-refractivity contribution in [2.24, 2.45) is 5.92 Å². The zero-order valence-corrected chi connectivity index (χ0v) is 10.8. The van der Waals surface area contributed by atoms with Gasteiger partial charge in [-0.3, -0.25) is 4.90 Å². The minimum absolute atomic E-state index is 0.316. The average Bonchev–Trinajstić information content (AvgIpc) is 2.94. The molecular formula is C14H20N2O2. The van der Waals surface area contributed by atoms with Gasteiger partial charge < -0.3 is 9.47 Å². The van der Waals surface area contributed by atoms with Crippen LogP contribution in [-0.4, -0.2) is 48.8 Å². The summed E-state index contributed by atoms with van der Waals surface area (Å²) in [5, 5.41) is 0. The molecule has 4 heteroatoms. The van der Waals surface area contributed by atoms with E-state index in [2.05, 4.69) is 9.88 Å². The van der Waals surface area contributed by atoms with Crippen LogP contribution in [0.3, 0.4) is 0 Å². The summed E-state index contributed by atoms with van der Waals surface area (Å²) >= 11 is 0. The molecule has 0 aromatic carbocycles. The van der Waals surface area contributed by atoms with Crippen LogP contribution in [-0.2, 0) is 4.74 Å². The minimum Gasteiger partial charge on any atom is -0.472 e. The van der Waals surface area contributed by atoms with Crippen molar-refractivity contribution in [1.82, 2.24) is 9.88 Å². The first-order chi connectivity index (χ1) is 8.88. The van der Waals surface area contributed by atoms with Gasteiger partial charge in [0.2, 0.25) is 5.88 Å². The molecule has 3 unspecified atom stereocenters. The predicted molar refractivity (Wildman–Crippen MR) is 68.6 cm³/mol. The molecule has 3 atom stereocenters. The summed E-state index contributed by atoms with van der Waals surface area (Å²) in [6.07, 6.45) is 4.63. The molecule has 1 aromatic heterocycles. The predicted octanol–water partition coefficient (Wildman–Crippen LogP) is 1.57. The Morgan fingerprint density at radius 3 is 3.11 bits per heavy atom. The molecule has 0 radical (unpaired) electrons. The van der Waals surface area contributed by atoms with Gasteiger partial charge in [-0.05, 0) is 18.9 Å². The highest BCUT2D eigenvalue weighted by Crippen LogP contribution is 2.39. The van der Waals surface area contributed by atoms with Gasteiger partial charge in [0, 0.05) is 44.4 Å². The number of ether oxygens (including phenoxy) is 2. The van der Waals surface area contributed by atoms with E-state index in [0.29, 0.717) is 18.1 Å². The van der Waals surface area contributed by atoms with Crippen molar-refractivity contribution in [2.45, 2.75) is 25.0 Å². The van der Waals surface area contributed by atoms with Gasteiger partial charge in [0.1, 0.15) is 6.10 Å². The molecule has 18 heavy (non-hydrogen) atoms. The van der Waals surface area contributed by atoms with Crippen molar-refractivity contribution < 1.29 is 9.47 Å². The number of hydrogen-bond donors (Lipinski definition) is 0. The van der Waals surface area contributed by atoms with Crippen molar-refractivity contribution >= 4 is 0 Å². The number of piperidine rings is 1. The second-order valence-electron chi connectivity index (χ2n) is 5.14. The van der Waals surface area contributed by atoms with Crippen LogP contribution in [0.5, 0.6) is 5.88 Å². The van der Waals surface area contributed by atoms with Gasteiger partial charge in [-0.2, -0.15) is 0 Å². The number of fused-ring (bicyclic) bond motifs is 2. The Bertz CT molecular complexity index is 385. The fourth-order valence-corrected chi connectivity index (χ4v) is 3.25. The van der Waals surface area contributed by atoms with Gasteiger partial charge in [0.25, 0.3) is 0 Å². The van der Waals surface area contributed by atoms with Crippen LogP contribution in [0.1, 0.15) is 12.8 Å². The zero-order chi connectivity index (χ0) is 12.4. The second kappa shape index (κ2) is 5.24. The molecule has 0 spiro atoms. The largest absolute Gasteiger partial charge is 0.472 e. The van der Waals surface area contributed by atoms with Crippen LogP contribution >= 0.6 is 0 Å². The van der Waals surface area contributed by atoms with Crippen LogP contribution in [0.15, 0.2) is 24.4 Å². The molecule has 0 amide bonds. The Balaban J connectivity index is 1.64. The number of aromatic nitrogens is 1. The van der Waals surface area contributed by atoms with Crippen LogP contribution in [0.4, 0.5) is 0 Å². The van der Waals surface area contributed by atoms with Crippen molar-refractivity contribution in [3.05, 3.63) is 24.4 Å². The Kier molecular flexibility index (Phi) is 3.48. The van der Waals surface area contributed by atoms with Crippen LogP contribution in [0, 0.1) is 5.92 Å². The third-order valence-electron chi connectivity index (χ3n) is 4.09. The monoisotopic (exact) mass is 248 g/mol. The lowest BCUT2D eigenvalue weighted by Crippen LogP contribution is -2.38. The highest BCUT2D eigenvalue weighted by molar-refractivity contribution is 5.12. The number of rotatable bonds is 5. The van der Waals surface area contributed by atoms with E-state index in [1.807, 2.05) is 18.2 Å². The molecule has 1 aliphatic carbocycles. The first kappa shape index (κ1) is 11.9. The van der Waals surface area contributed by atoms with E-state index in [4.69, 9.17) is 9.47 Å². The zero-order valence-electron chi connectivity index (χ0n) is 10.8. The summed E-state index contributed by atoms with van der Waals surface area (Å²) in [5.41, 5.74) is 0. The first-order valence-corrected chi connectivity index (χ1v) is 6.69. The van der Waals surface area contributed by atoms with E-state index in [1.54, 1.807) is 13.3 Å². The van der Waals surface area contributed by atoms with E-state index in [-0.39, 0.29) is 0 Å². The summed E-state index contributed by atoms with van der Waals surface area (Å²) in [6, 6.07) is 6.38. The Hall–Kier alpha value is -1.13. The smallest absolute Gasteiger partial charge is 0.213 e. The van der Waals surface area contributed by atoms with Crippen LogP contribution in [0.25, 0.3) is 0 Å². The molecule has 3 rings (SSSR count). The molecule has 1 aromatic rings. The normalized spacial score (nSPS) is 30.8. The first-order valence-electron chi connectivity index (χ1n) is 6.69. The van der Waals surface area contributed by atoms with Gasteiger partial charge >= 0.3 is 0 Å². The number of pyridine rings is 1. The van der Waals surface area contributed by atoms with Gasteiger partial charge in [-0.15, -0.1) is 0 Å². The fraction of sp³-hybridized carbons (Fsp3) is 0.643. The van der Waals surface area contributed by atoms with Crippen molar-refractivity contribution in [3.63, 3.8) is 0 Å². The summed E-state index contributed by atoms with van der Waals surface area (Å²) in [6.45, 7) is 2.96. The number of hydrogen-bond acceptors (Lipinski definition) is 4. The van der Waals surface area contributed by atoms with Crippen molar-refractivity contribution in [3.8, 4) is 5.88 Å². The highest BCUT2D eigenvalue weighted by Gasteiger charge is 2.48. The summed E-state index contributed by atoms with van der Waals surface area (Å²) in [4.78, 5) is 6.77. The maximum atomic E-state index is 6.08. The molecule has 2 heterocycles. The fourth-order valence-electron chi connectivity index (χ4n) is 3.25. The van der Waals surface area contributed by atoms with Crippen LogP contribution in [0.2, 0.25) is 0 Å². The third kappa shape index (κ3) is 2.22. The van der Waals surface area contributed by atoms with E-state index < -0.39 is 0 Å². The van der Waals surface area contributed by atoms with E-state index >= 15 is 0 Å². The molecule has 4 nitrogen and oxygen atoms in total. The average molecular weight is 248 g/mol. The summed E-state index contributed by atoms with van der Waals surface area (Å²) in [7, 11) is 1.76. The molecule has 1 aliphatic heterocycles. The minimum atomic E-state index is 0.316. The molecule has 1 saturated carbocycles. The van der Waals surface area contributed by atoms with Crippen molar-refractivity contribution in [2.75, 3.05) is 26.8 Å². The molecule has 2 aliphatic rings. The Labute approximate surface area is 108 Å². The summed E-state index contributed by atoms with van der Waals surface area (Å²) < 4.78 is 11.2. The van der Waals surface area contributed by atoms with Gasteiger partial charge in [-0.25, -0.2) is 4.98 Å². The molecule has 1 saturated heterocycles. The van der Waals surface area contributed by atoms with E-state index in [9.17, 15) is 0 Å². The topological polar surface area (TPSA) is 34.6 Å². The molecular weight excluding hydrogens is 228 g/mol. The quantitative estimate of drug-likeness (QED) is 0.792. The second-order valence-corrected chi connectivity index (χ2v) is 5.14. The lowest BCUT2D eigenvalue weighted by Gasteiger charge is -2.26. The van der Waals surface area contributed by atoms with Gasteiger partial charge in [-0.1, -0.05) is 6.07 Å². The molecule has 0 N–H and O–H groups in total. The SMILES string of the molecule is COCCN1CC2CCC1C2Oc1ccccn1. The maximum Gasteiger partial charge on any atom is 0.213 e. The highest BCUT2D eigenvalue weighted by atomic mass is 16.5. The van der Waals surface area contributed by atoms with Crippen LogP contribution < -0.4 is 4.74 Å². The maximum absolute atomic E-state index is 6.08. The van der Waals surface area contributed by atoms with Crippen molar-refractivity contribution in [1.29, 1.82) is 0 Å². The third-order valence-corrected chi connectivity index (χ3v) is 4.09. The van der Waals surface area contributed by atoms with E-state index in [1.165, 1.54) is 12.8 Å². The Morgan fingerprint density at radius 1 is 1.39 bits per heavy atom. The Morgan fingerprint density at radius 2 is 2.33 bits per heavy atom. The lowest BCUT2D eigenvalue weighted by molar-refractivity contribution is 0.108. The number of likely N-dealkylation sites (tertiary alicyclic amines) is 1.